The number of hydrogen-bond donors (Lipinski definition) is 0. The van der Waals surface area contributed by atoms with Crippen LogP contribution in [-0.2, 0) is 5.88 Å². The average Bonchev–Trinajstić information content (AvgIpc) is 2.36. The highest BCUT2D eigenvalue weighted by Crippen LogP contribution is 2.26. The first-order valence-corrected chi connectivity index (χ1v) is 6.09. The van der Waals surface area contributed by atoms with E-state index in [-0.39, 0.29) is 5.75 Å². The van der Waals surface area contributed by atoms with Crippen LogP contribution in [0.5, 0.6) is 11.6 Å². The summed E-state index contributed by atoms with van der Waals surface area (Å²) >= 11 is 5.72. The molecule has 0 saturated heterocycles. The molecule has 0 saturated carbocycles. The van der Waals surface area contributed by atoms with Crippen molar-refractivity contribution in [1.29, 1.82) is 0 Å². The van der Waals surface area contributed by atoms with Crippen LogP contribution >= 0.6 is 11.6 Å². The molecule has 0 unspecified atom stereocenters. The molecule has 4 heteroatoms. The van der Waals surface area contributed by atoms with Gasteiger partial charge in [0, 0.05) is 17.6 Å². The van der Waals surface area contributed by atoms with E-state index in [4.69, 9.17) is 16.3 Å². The lowest BCUT2D eigenvalue weighted by molar-refractivity contribution is 0.424. The molecular formula is C14H13ClFNO. The lowest BCUT2D eigenvalue weighted by Gasteiger charge is -2.09. The van der Waals surface area contributed by atoms with Crippen molar-refractivity contribution in [2.24, 2.45) is 0 Å². The largest absolute Gasteiger partial charge is 0.436 e. The molecule has 0 spiro atoms. The van der Waals surface area contributed by atoms with Gasteiger partial charge in [0.2, 0.25) is 5.88 Å². The van der Waals surface area contributed by atoms with Crippen molar-refractivity contribution in [2.45, 2.75) is 19.7 Å². The minimum Gasteiger partial charge on any atom is -0.436 e. The fourth-order valence-corrected chi connectivity index (χ4v) is 1.74. The molecule has 2 nitrogen and oxygen atoms in total. The molecule has 1 aromatic carbocycles. The molecule has 0 aliphatic heterocycles. The summed E-state index contributed by atoms with van der Waals surface area (Å²) < 4.78 is 19.0. The smallest absolute Gasteiger partial charge is 0.222 e. The second kappa shape index (κ2) is 5.36. The number of aryl methyl sites for hydroxylation is 2. The fourth-order valence-electron chi connectivity index (χ4n) is 1.59. The van der Waals surface area contributed by atoms with Crippen molar-refractivity contribution in [3.63, 3.8) is 0 Å². The molecule has 0 atom stereocenters. The summed E-state index contributed by atoms with van der Waals surface area (Å²) in [6, 6.07) is 6.60. The SMILES string of the molecule is Cc1ccc(F)c(Oc2ncc(CCl)cc2C)c1. The molecule has 94 valence electrons. The number of halogens is 2. The highest BCUT2D eigenvalue weighted by Gasteiger charge is 2.08. The van der Waals surface area contributed by atoms with E-state index in [1.807, 2.05) is 19.9 Å². The van der Waals surface area contributed by atoms with Crippen molar-refractivity contribution in [3.05, 3.63) is 53.0 Å². The van der Waals surface area contributed by atoms with Crippen molar-refractivity contribution >= 4 is 11.6 Å². The average molecular weight is 266 g/mol. The Morgan fingerprint density at radius 1 is 1.28 bits per heavy atom. The normalized spacial score (nSPS) is 10.4. The van der Waals surface area contributed by atoms with Gasteiger partial charge in [-0.25, -0.2) is 9.37 Å². The van der Waals surface area contributed by atoms with Crippen LogP contribution < -0.4 is 4.74 Å². The maximum Gasteiger partial charge on any atom is 0.222 e. The minimum absolute atomic E-state index is 0.184. The second-order valence-electron chi connectivity index (χ2n) is 4.14. The van der Waals surface area contributed by atoms with Crippen molar-refractivity contribution < 1.29 is 9.13 Å². The van der Waals surface area contributed by atoms with Crippen LogP contribution in [0.1, 0.15) is 16.7 Å². The van der Waals surface area contributed by atoms with Crippen molar-refractivity contribution in [2.75, 3.05) is 0 Å². The molecule has 1 heterocycles. The summed E-state index contributed by atoms with van der Waals surface area (Å²) in [6.45, 7) is 3.73. The Morgan fingerprint density at radius 3 is 2.72 bits per heavy atom. The zero-order valence-corrected chi connectivity index (χ0v) is 11.0. The number of ether oxygens (including phenoxy) is 1. The number of aromatic nitrogens is 1. The molecule has 0 bridgehead atoms. The summed E-state index contributed by atoms with van der Waals surface area (Å²) in [4.78, 5) is 4.14. The predicted octanol–water partition coefficient (Wildman–Crippen LogP) is 4.37. The first-order valence-electron chi connectivity index (χ1n) is 5.55. The van der Waals surface area contributed by atoms with Crippen LogP contribution in [0.15, 0.2) is 30.5 Å². The third-order valence-electron chi connectivity index (χ3n) is 2.53. The van der Waals surface area contributed by atoms with Crippen LogP contribution in [0.25, 0.3) is 0 Å². The number of nitrogens with zero attached hydrogens (tertiary/aromatic N) is 1. The summed E-state index contributed by atoms with van der Waals surface area (Å²) in [5.41, 5.74) is 2.67. The maximum atomic E-state index is 13.6. The minimum atomic E-state index is -0.400. The Morgan fingerprint density at radius 2 is 2.06 bits per heavy atom. The summed E-state index contributed by atoms with van der Waals surface area (Å²) in [5.74, 6) is 0.577. The molecule has 0 aliphatic rings. The molecule has 2 aromatic rings. The predicted molar refractivity (Wildman–Crippen MR) is 69.7 cm³/mol. The highest BCUT2D eigenvalue weighted by molar-refractivity contribution is 6.17. The molecule has 0 radical (unpaired) electrons. The highest BCUT2D eigenvalue weighted by atomic mass is 35.5. The van der Waals surface area contributed by atoms with E-state index in [1.165, 1.54) is 6.07 Å². The Labute approximate surface area is 110 Å². The summed E-state index contributed by atoms with van der Waals surface area (Å²) in [5, 5.41) is 0. The van der Waals surface area contributed by atoms with Gasteiger partial charge >= 0.3 is 0 Å². The maximum absolute atomic E-state index is 13.6. The van der Waals surface area contributed by atoms with Gasteiger partial charge in [0.05, 0.1) is 0 Å². The van der Waals surface area contributed by atoms with E-state index >= 15 is 0 Å². The van der Waals surface area contributed by atoms with Gasteiger partial charge in [-0.1, -0.05) is 6.07 Å². The van der Waals surface area contributed by atoms with Crippen LogP contribution in [0.3, 0.4) is 0 Å². The van der Waals surface area contributed by atoms with Gasteiger partial charge in [0.15, 0.2) is 11.6 Å². The number of rotatable bonds is 3. The third-order valence-corrected chi connectivity index (χ3v) is 2.84. The molecule has 1 aromatic heterocycles. The zero-order chi connectivity index (χ0) is 13.1. The molecule has 0 N–H and O–H groups in total. The van der Waals surface area contributed by atoms with Gasteiger partial charge in [-0.2, -0.15) is 0 Å². The molecule has 18 heavy (non-hydrogen) atoms. The van der Waals surface area contributed by atoms with Crippen LogP contribution in [0.2, 0.25) is 0 Å². The Balaban J connectivity index is 2.31. The number of benzene rings is 1. The molecule has 0 fully saturated rings. The first-order chi connectivity index (χ1) is 8.60. The summed E-state index contributed by atoms with van der Waals surface area (Å²) in [7, 11) is 0. The topological polar surface area (TPSA) is 22.1 Å². The van der Waals surface area contributed by atoms with Crippen LogP contribution in [0, 0.1) is 19.7 Å². The molecular weight excluding hydrogens is 253 g/mol. The van der Waals surface area contributed by atoms with Gasteiger partial charge < -0.3 is 4.74 Å². The van der Waals surface area contributed by atoms with Crippen LogP contribution in [0.4, 0.5) is 4.39 Å². The summed E-state index contributed by atoms with van der Waals surface area (Å²) in [6.07, 6.45) is 1.63. The van der Waals surface area contributed by atoms with Crippen LogP contribution in [-0.4, -0.2) is 4.98 Å². The number of alkyl halides is 1. The van der Waals surface area contributed by atoms with E-state index in [2.05, 4.69) is 4.98 Å². The van der Waals surface area contributed by atoms with Crippen molar-refractivity contribution in [1.82, 2.24) is 4.98 Å². The Kier molecular flexibility index (Phi) is 3.82. The molecule has 2 rings (SSSR count). The van der Waals surface area contributed by atoms with E-state index < -0.39 is 5.82 Å². The fraction of sp³-hybridized carbons (Fsp3) is 0.214. The van der Waals surface area contributed by atoms with Gasteiger partial charge in [0.25, 0.3) is 0 Å². The lowest BCUT2D eigenvalue weighted by atomic mass is 10.2. The Bertz CT molecular complexity index is 572. The van der Waals surface area contributed by atoms with Crippen molar-refractivity contribution in [3.8, 4) is 11.6 Å². The van der Waals surface area contributed by atoms with Gasteiger partial charge in [-0.3, -0.25) is 0 Å². The monoisotopic (exact) mass is 265 g/mol. The molecule has 0 aliphatic carbocycles. The number of hydrogen-bond acceptors (Lipinski definition) is 2. The quantitative estimate of drug-likeness (QED) is 0.769. The van der Waals surface area contributed by atoms with E-state index in [9.17, 15) is 4.39 Å². The third kappa shape index (κ3) is 2.79. The Hall–Kier alpha value is -1.61. The van der Waals surface area contributed by atoms with E-state index in [0.29, 0.717) is 11.8 Å². The van der Waals surface area contributed by atoms with Gasteiger partial charge in [0.1, 0.15) is 0 Å². The van der Waals surface area contributed by atoms with Gasteiger partial charge in [-0.15, -0.1) is 11.6 Å². The molecule has 0 amide bonds. The standard InChI is InChI=1S/C14H13ClFNO/c1-9-3-4-12(16)13(5-9)18-14-10(2)6-11(7-15)8-17-14/h3-6,8H,7H2,1-2H3. The number of pyridine rings is 1. The van der Waals surface area contributed by atoms with E-state index in [1.54, 1.807) is 18.3 Å². The lowest BCUT2D eigenvalue weighted by Crippen LogP contribution is -1.95. The van der Waals surface area contributed by atoms with Gasteiger partial charge in [-0.05, 0) is 43.2 Å². The van der Waals surface area contributed by atoms with E-state index in [0.717, 1.165) is 16.7 Å². The second-order valence-corrected chi connectivity index (χ2v) is 4.40. The first kappa shape index (κ1) is 12.8. The zero-order valence-electron chi connectivity index (χ0n) is 10.2.